The third kappa shape index (κ3) is 3.33. The maximum Gasteiger partial charge on any atom is 0.257 e. The molecule has 1 unspecified atom stereocenters. The quantitative estimate of drug-likeness (QED) is 0.831. The Kier molecular flexibility index (Phi) is 4.68. The van der Waals surface area contributed by atoms with Crippen LogP contribution in [0.5, 0.6) is 0 Å². The Morgan fingerprint density at radius 3 is 2.81 bits per heavy atom. The number of rotatable bonds is 2. The number of carbonyl (C=O) groups excluding carboxylic acids is 1. The molecule has 2 saturated heterocycles. The Morgan fingerprint density at radius 2 is 2.08 bits per heavy atom. The second-order valence-corrected chi connectivity index (χ2v) is 7.22. The fourth-order valence-corrected chi connectivity index (χ4v) is 4.00. The number of ether oxygens (including phenoxy) is 1. The molecule has 4 heterocycles. The molecule has 0 aromatic carbocycles. The fraction of sp³-hybridized carbons (Fsp3) is 0.500. The lowest BCUT2D eigenvalue weighted by atomic mass is 9.92. The van der Waals surface area contributed by atoms with Crippen LogP contribution in [0.3, 0.4) is 0 Å². The van der Waals surface area contributed by atoms with Gasteiger partial charge in [-0.05, 0) is 51.2 Å². The van der Waals surface area contributed by atoms with Crippen LogP contribution in [0.1, 0.15) is 48.2 Å². The smallest absolute Gasteiger partial charge is 0.257 e. The molecule has 6 nitrogen and oxygen atoms in total. The van der Waals surface area contributed by atoms with Crippen molar-refractivity contribution in [2.45, 2.75) is 44.6 Å². The first-order valence-corrected chi connectivity index (χ1v) is 9.34. The van der Waals surface area contributed by atoms with E-state index in [0.29, 0.717) is 17.1 Å². The summed E-state index contributed by atoms with van der Waals surface area (Å²) in [5.41, 5.74) is 2.15. The highest BCUT2D eigenvalue weighted by atomic mass is 16.5. The summed E-state index contributed by atoms with van der Waals surface area (Å²) in [7, 11) is 0. The molecule has 2 aliphatic rings. The van der Waals surface area contributed by atoms with Crippen LogP contribution in [-0.4, -0.2) is 51.1 Å². The molecule has 4 rings (SSSR count). The molecule has 0 radical (unpaired) electrons. The van der Waals surface area contributed by atoms with Crippen molar-refractivity contribution in [3.05, 3.63) is 42.0 Å². The molecule has 26 heavy (non-hydrogen) atoms. The van der Waals surface area contributed by atoms with Gasteiger partial charge >= 0.3 is 0 Å². The van der Waals surface area contributed by atoms with E-state index in [4.69, 9.17) is 4.74 Å². The van der Waals surface area contributed by atoms with Crippen LogP contribution in [-0.2, 0) is 4.74 Å². The molecule has 2 aromatic heterocycles. The van der Waals surface area contributed by atoms with Crippen molar-refractivity contribution in [1.29, 1.82) is 0 Å². The highest BCUT2D eigenvalue weighted by molar-refractivity contribution is 5.95. The second-order valence-electron chi connectivity index (χ2n) is 7.22. The molecule has 2 fully saturated rings. The van der Waals surface area contributed by atoms with Gasteiger partial charge in [0.2, 0.25) is 0 Å². The molecule has 0 aliphatic carbocycles. The standard InChI is InChI=1S/C20H24N4O2/c1-15-17(14-22-18(23-15)16-5-2-9-21-13-16)19(25)24-10-3-6-20(8-11-24)7-4-12-26-20/h2,5,9,13-14H,3-4,6-8,10-12H2,1H3. The van der Waals surface area contributed by atoms with Gasteiger partial charge in [-0.3, -0.25) is 9.78 Å². The lowest BCUT2D eigenvalue weighted by Gasteiger charge is -2.27. The van der Waals surface area contributed by atoms with Crippen molar-refractivity contribution < 1.29 is 9.53 Å². The molecular formula is C20H24N4O2. The minimum absolute atomic E-state index is 0.00470. The van der Waals surface area contributed by atoms with Crippen LogP contribution >= 0.6 is 0 Å². The average molecular weight is 352 g/mol. The molecule has 0 saturated carbocycles. The molecular weight excluding hydrogens is 328 g/mol. The molecule has 136 valence electrons. The van der Waals surface area contributed by atoms with Gasteiger partial charge in [0.1, 0.15) is 0 Å². The Hall–Kier alpha value is -2.34. The van der Waals surface area contributed by atoms with Crippen molar-refractivity contribution >= 4 is 5.91 Å². The lowest BCUT2D eigenvalue weighted by Crippen LogP contribution is -2.34. The number of aryl methyl sites for hydroxylation is 1. The number of pyridine rings is 1. The van der Waals surface area contributed by atoms with E-state index in [1.165, 1.54) is 0 Å². The number of hydrogen-bond donors (Lipinski definition) is 0. The number of aromatic nitrogens is 3. The highest BCUT2D eigenvalue weighted by Crippen LogP contribution is 2.35. The van der Waals surface area contributed by atoms with Crippen molar-refractivity contribution in [3.63, 3.8) is 0 Å². The molecule has 0 N–H and O–H groups in total. The first-order chi connectivity index (χ1) is 12.7. The Morgan fingerprint density at radius 1 is 1.19 bits per heavy atom. The zero-order valence-corrected chi connectivity index (χ0v) is 15.1. The van der Waals surface area contributed by atoms with Gasteiger partial charge in [0, 0.05) is 43.9 Å². The van der Waals surface area contributed by atoms with Crippen LogP contribution in [0.2, 0.25) is 0 Å². The molecule has 2 aromatic rings. The first-order valence-electron chi connectivity index (χ1n) is 9.34. The zero-order chi connectivity index (χ0) is 18.0. The summed E-state index contributed by atoms with van der Waals surface area (Å²) in [6, 6.07) is 3.77. The summed E-state index contributed by atoms with van der Waals surface area (Å²) in [6.07, 6.45) is 10.3. The third-order valence-electron chi connectivity index (χ3n) is 5.50. The van der Waals surface area contributed by atoms with Gasteiger partial charge in [-0.1, -0.05) is 0 Å². The van der Waals surface area contributed by atoms with Gasteiger partial charge in [-0.15, -0.1) is 0 Å². The molecule has 6 heteroatoms. The van der Waals surface area contributed by atoms with Gasteiger partial charge in [0.05, 0.1) is 16.9 Å². The minimum atomic E-state index is 0.00470. The number of amides is 1. The van der Waals surface area contributed by atoms with E-state index in [2.05, 4.69) is 15.0 Å². The van der Waals surface area contributed by atoms with Crippen LogP contribution in [0.25, 0.3) is 11.4 Å². The molecule has 1 amide bonds. The topological polar surface area (TPSA) is 68.2 Å². The first kappa shape index (κ1) is 17.1. The van der Waals surface area contributed by atoms with Crippen LogP contribution in [0.4, 0.5) is 0 Å². The predicted octanol–water partition coefficient (Wildman–Crippen LogP) is 3.02. The summed E-state index contributed by atoms with van der Waals surface area (Å²) in [4.78, 5) is 28.0. The molecule has 0 bridgehead atoms. The van der Waals surface area contributed by atoms with E-state index in [1.807, 2.05) is 24.0 Å². The summed E-state index contributed by atoms with van der Waals surface area (Å²) in [5, 5.41) is 0. The van der Waals surface area contributed by atoms with E-state index in [0.717, 1.165) is 57.4 Å². The summed E-state index contributed by atoms with van der Waals surface area (Å²) < 4.78 is 6.02. The minimum Gasteiger partial charge on any atom is -0.375 e. The lowest BCUT2D eigenvalue weighted by molar-refractivity contribution is -0.00692. The number of carbonyl (C=O) groups is 1. The van der Waals surface area contributed by atoms with Gasteiger partial charge in [-0.2, -0.15) is 0 Å². The molecule has 2 aliphatic heterocycles. The van der Waals surface area contributed by atoms with E-state index in [9.17, 15) is 4.79 Å². The maximum absolute atomic E-state index is 13.0. The fourth-order valence-electron chi connectivity index (χ4n) is 4.00. The third-order valence-corrected chi connectivity index (χ3v) is 5.50. The normalized spacial score (nSPS) is 23.2. The summed E-state index contributed by atoms with van der Waals surface area (Å²) >= 11 is 0. The number of likely N-dealkylation sites (tertiary alicyclic amines) is 1. The number of nitrogens with zero attached hydrogens (tertiary/aromatic N) is 4. The molecule has 1 atom stereocenters. The van der Waals surface area contributed by atoms with E-state index < -0.39 is 0 Å². The second kappa shape index (κ2) is 7.11. The van der Waals surface area contributed by atoms with Crippen molar-refractivity contribution in [2.75, 3.05) is 19.7 Å². The van der Waals surface area contributed by atoms with Crippen LogP contribution in [0, 0.1) is 6.92 Å². The van der Waals surface area contributed by atoms with Crippen LogP contribution < -0.4 is 0 Å². The van der Waals surface area contributed by atoms with E-state index >= 15 is 0 Å². The maximum atomic E-state index is 13.0. The van der Waals surface area contributed by atoms with Crippen molar-refractivity contribution in [3.8, 4) is 11.4 Å². The van der Waals surface area contributed by atoms with Crippen molar-refractivity contribution in [1.82, 2.24) is 19.9 Å². The number of hydrogen-bond acceptors (Lipinski definition) is 5. The Labute approximate surface area is 153 Å². The average Bonchev–Trinajstić information content (AvgIpc) is 3.02. The summed E-state index contributed by atoms with van der Waals surface area (Å²) in [5.74, 6) is 0.622. The van der Waals surface area contributed by atoms with Gasteiger partial charge in [0.25, 0.3) is 5.91 Å². The Balaban J connectivity index is 1.51. The van der Waals surface area contributed by atoms with E-state index in [-0.39, 0.29) is 11.5 Å². The van der Waals surface area contributed by atoms with Crippen LogP contribution in [0.15, 0.2) is 30.7 Å². The predicted molar refractivity (Wildman–Crippen MR) is 97.7 cm³/mol. The highest BCUT2D eigenvalue weighted by Gasteiger charge is 2.37. The zero-order valence-electron chi connectivity index (χ0n) is 15.1. The van der Waals surface area contributed by atoms with Gasteiger partial charge in [-0.25, -0.2) is 9.97 Å². The van der Waals surface area contributed by atoms with Gasteiger partial charge < -0.3 is 9.64 Å². The monoisotopic (exact) mass is 352 g/mol. The van der Waals surface area contributed by atoms with E-state index in [1.54, 1.807) is 18.6 Å². The van der Waals surface area contributed by atoms with Crippen molar-refractivity contribution in [2.24, 2.45) is 0 Å². The summed E-state index contributed by atoms with van der Waals surface area (Å²) in [6.45, 7) is 4.24. The molecule has 1 spiro atoms. The Bertz CT molecular complexity index is 788. The SMILES string of the molecule is Cc1nc(-c2cccnc2)ncc1C(=O)N1CCCC2(CCCO2)CC1. The largest absolute Gasteiger partial charge is 0.375 e. The van der Waals surface area contributed by atoms with Gasteiger partial charge in [0.15, 0.2) is 5.82 Å².